The molecule has 0 spiro atoms. The number of nitrogens with zero attached hydrogens (tertiary/aromatic N) is 2. The largest absolute Gasteiger partial charge is 0.379 e. The fourth-order valence-corrected chi connectivity index (χ4v) is 3.35. The van der Waals surface area contributed by atoms with Crippen LogP contribution in [0, 0.1) is 5.41 Å². The average molecular weight is 340 g/mol. The first-order valence-electron chi connectivity index (χ1n) is 8.10. The van der Waals surface area contributed by atoms with Crippen LogP contribution in [-0.2, 0) is 4.74 Å². The highest BCUT2D eigenvalue weighted by Gasteiger charge is 2.21. The molecule has 6 nitrogen and oxygen atoms in total. The van der Waals surface area contributed by atoms with Gasteiger partial charge < -0.3 is 15.0 Å². The van der Waals surface area contributed by atoms with E-state index in [9.17, 15) is 0 Å². The van der Waals surface area contributed by atoms with Gasteiger partial charge in [0.1, 0.15) is 11.3 Å². The molecule has 2 aliphatic heterocycles. The van der Waals surface area contributed by atoms with Gasteiger partial charge in [-0.1, -0.05) is 17.8 Å². The molecular weight excluding hydrogens is 310 g/mol. The van der Waals surface area contributed by atoms with E-state index in [1.165, 1.54) is 17.3 Å². The van der Waals surface area contributed by atoms with E-state index < -0.39 is 0 Å². The molecule has 0 aromatic rings. The zero-order chi connectivity index (χ0) is 16.8. The quantitative estimate of drug-likeness (QED) is 0.384. The summed E-state index contributed by atoms with van der Waals surface area (Å²) in [4.78, 5) is 4.67. The lowest BCUT2D eigenvalue weighted by Crippen LogP contribution is -2.45. The fourth-order valence-electron chi connectivity index (χ4n) is 2.70. The maximum absolute atomic E-state index is 7.66. The number of ether oxygens (including phenoxy) is 1. The van der Waals surface area contributed by atoms with E-state index in [0.717, 1.165) is 38.7 Å². The summed E-state index contributed by atoms with van der Waals surface area (Å²) in [5, 5.41) is 15.0. The van der Waals surface area contributed by atoms with E-state index in [1.807, 2.05) is 14.0 Å². The maximum Gasteiger partial charge on any atom is 0.132 e. The Labute approximate surface area is 143 Å². The molecule has 2 atom stereocenters. The molecule has 2 heterocycles. The summed E-state index contributed by atoms with van der Waals surface area (Å²) in [6, 6.07) is 0.349. The molecule has 2 aliphatic rings. The standard InChI is InChI=1S/C16H29N5OS/c1-12-9-14(11-21-5-7-22-8-6-21)10-15(20(12)4)19-16(18-3)23-13(2)17/h9-10,12,16-19H,5-8,11H2,1-4H3. The highest BCUT2D eigenvalue weighted by molar-refractivity contribution is 8.14. The van der Waals surface area contributed by atoms with E-state index >= 15 is 0 Å². The topological polar surface area (TPSA) is 63.6 Å². The van der Waals surface area contributed by atoms with E-state index in [2.05, 4.69) is 46.6 Å². The zero-order valence-corrected chi connectivity index (χ0v) is 15.4. The molecule has 0 aliphatic carbocycles. The smallest absolute Gasteiger partial charge is 0.132 e. The highest BCUT2D eigenvalue weighted by atomic mass is 32.2. The summed E-state index contributed by atoms with van der Waals surface area (Å²) in [6.07, 6.45) is 4.55. The summed E-state index contributed by atoms with van der Waals surface area (Å²) in [5.74, 6) is 1.09. The normalized spacial score (nSPS) is 24.0. The van der Waals surface area contributed by atoms with E-state index in [1.54, 1.807) is 0 Å². The SMILES string of the molecule is CNC(NC1=CC(CN2CCOCC2)=CC(C)N1C)SC(C)=N. The number of rotatable bonds is 6. The van der Waals surface area contributed by atoms with Gasteiger partial charge in [-0.15, -0.1) is 0 Å². The number of hydrogen-bond donors (Lipinski definition) is 3. The maximum atomic E-state index is 7.66. The molecule has 0 aromatic heterocycles. The van der Waals surface area contributed by atoms with Crippen LogP contribution in [0.25, 0.3) is 0 Å². The molecule has 0 aromatic carbocycles. The second kappa shape index (κ2) is 8.73. The third-order valence-electron chi connectivity index (χ3n) is 4.11. The second-order valence-corrected chi connectivity index (χ2v) is 7.32. The van der Waals surface area contributed by atoms with Gasteiger partial charge in [0, 0.05) is 32.7 Å². The predicted molar refractivity (Wildman–Crippen MR) is 97.6 cm³/mol. The molecule has 2 unspecified atom stereocenters. The Kier molecular flexibility index (Phi) is 6.95. The van der Waals surface area contributed by atoms with E-state index in [-0.39, 0.29) is 5.50 Å². The Bertz CT molecular complexity index is 473. The molecule has 0 amide bonds. The Morgan fingerprint density at radius 3 is 2.78 bits per heavy atom. The van der Waals surface area contributed by atoms with Gasteiger partial charge in [-0.3, -0.25) is 15.6 Å². The minimum atomic E-state index is -0.00358. The van der Waals surface area contributed by atoms with Crippen LogP contribution in [0.1, 0.15) is 13.8 Å². The van der Waals surface area contributed by atoms with Gasteiger partial charge in [0.15, 0.2) is 0 Å². The third-order valence-corrected chi connectivity index (χ3v) is 5.06. The minimum Gasteiger partial charge on any atom is -0.379 e. The van der Waals surface area contributed by atoms with Crippen molar-refractivity contribution >= 4 is 16.8 Å². The molecule has 0 saturated carbocycles. The van der Waals surface area contributed by atoms with Gasteiger partial charge in [0.05, 0.1) is 18.3 Å². The van der Waals surface area contributed by atoms with Crippen molar-refractivity contribution in [3.63, 3.8) is 0 Å². The van der Waals surface area contributed by atoms with E-state index in [4.69, 9.17) is 10.1 Å². The molecule has 2 rings (SSSR count). The Balaban J connectivity index is 2.03. The first-order chi connectivity index (χ1) is 11.0. The van der Waals surface area contributed by atoms with Crippen molar-refractivity contribution in [3.8, 4) is 0 Å². The van der Waals surface area contributed by atoms with Gasteiger partial charge in [-0.25, -0.2) is 0 Å². The summed E-state index contributed by atoms with van der Waals surface area (Å²) in [6.45, 7) is 8.64. The predicted octanol–water partition coefficient (Wildman–Crippen LogP) is 1.24. The molecule has 1 saturated heterocycles. The molecule has 130 valence electrons. The zero-order valence-electron chi connectivity index (χ0n) is 14.6. The lowest BCUT2D eigenvalue weighted by molar-refractivity contribution is 0.0424. The average Bonchev–Trinajstić information content (AvgIpc) is 2.52. The van der Waals surface area contributed by atoms with Crippen LogP contribution in [0.5, 0.6) is 0 Å². The van der Waals surface area contributed by atoms with Crippen LogP contribution < -0.4 is 10.6 Å². The molecule has 0 bridgehead atoms. The Morgan fingerprint density at radius 2 is 2.17 bits per heavy atom. The van der Waals surface area contributed by atoms with Crippen LogP contribution in [-0.4, -0.2) is 73.3 Å². The van der Waals surface area contributed by atoms with Crippen LogP contribution in [0.2, 0.25) is 0 Å². The number of thioether (sulfide) groups is 1. The monoisotopic (exact) mass is 339 g/mol. The van der Waals surface area contributed by atoms with Crippen molar-refractivity contribution in [1.82, 2.24) is 20.4 Å². The van der Waals surface area contributed by atoms with Crippen LogP contribution in [0.4, 0.5) is 0 Å². The van der Waals surface area contributed by atoms with Crippen molar-refractivity contribution in [2.45, 2.75) is 25.4 Å². The molecule has 0 radical (unpaired) electrons. The molecular formula is C16H29N5OS. The summed E-state index contributed by atoms with van der Waals surface area (Å²) in [7, 11) is 4.01. The number of likely N-dealkylation sites (N-methyl/N-ethyl adjacent to an activating group) is 1. The van der Waals surface area contributed by atoms with Gasteiger partial charge in [-0.2, -0.15) is 0 Å². The third kappa shape index (κ3) is 5.53. The molecule has 1 fully saturated rings. The molecule has 23 heavy (non-hydrogen) atoms. The van der Waals surface area contributed by atoms with Crippen molar-refractivity contribution in [1.29, 1.82) is 5.41 Å². The second-order valence-electron chi connectivity index (χ2n) is 6.00. The van der Waals surface area contributed by atoms with Crippen molar-refractivity contribution in [3.05, 3.63) is 23.5 Å². The summed E-state index contributed by atoms with van der Waals surface area (Å²) >= 11 is 1.48. The van der Waals surface area contributed by atoms with Crippen LogP contribution >= 0.6 is 11.8 Å². The van der Waals surface area contributed by atoms with Crippen LogP contribution in [0.3, 0.4) is 0 Å². The number of nitrogens with one attached hydrogen (secondary N) is 3. The number of hydrogen-bond acceptors (Lipinski definition) is 7. The summed E-state index contributed by atoms with van der Waals surface area (Å²) in [5.41, 5.74) is 1.34. The van der Waals surface area contributed by atoms with Crippen molar-refractivity contribution in [2.75, 3.05) is 46.9 Å². The van der Waals surface area contributed by atoms with Gasteiger partial charge in [0.25, 0.3) is 0 Å². The minimum absolute atomic E-state index is 0.00358. The Morgan fingerprint density at radius 1 is 1.48 bits per heavy atom. The summed E-state index contributed by atoms with van der Waals surface area (Å²) < 4.78 is 5.42. The Hall–Kier alpha value is -1.02. The lowest BCUT2D eigenvalue weighted by atomic mass is 10.1. The lowest BCUT2D eigenvalue weighted by Gasteiger charge is -2.35. The van der Waals surface area contributed by atoms with Crippen LogP contribution in [0.15, 0.2) is 23.5 Å². The van der Waals surface area contributed by atoms with Crippen molar-refractivity contribution in [2.24, 2.45) is 0 Å². The van der Waals surface area contributed by atoms with E-state index in [0.29, 0.717) is 11.1 Å². The fraction of sp³-hybridized carbons (Fsp3) is 0.688. The first-order valence-corrected chi connectivity index (χ1v) is 8.98. The number of morpholine rings is 1. The van der Waals surface area contributed by atoms with Gasteiger partial charge in [-0.05, 0) is 32.5 Å². The van der Waals surface area contributed by atoms with Crippen molar-refractivity contribution < 1.29 is 4.74 Å². The first kappa shape index (κ1) is 18.3. The van der Waals surface area contributed by atoms with Gasteiger partial charge >= 0.3 is 0 Å². The highest BCUT2D eigenvalue weighted by Crippen LogP contribution is 2.20. The molecule has 7 heteroatoms. The molecule has 3 N–H and O–H groups in total. The van der Waals surface area contributed by atoms with Gasteiger partial charge in [0.2, 0.25) is 0 Å².